The number of aromatic nitrogens is 6. The topological polar surface area (TPSA) is 92.9 Å². The lowest BCUT2D eigenvalue weighted by Crippen LogP contribution is -2.33. The van der Waals surface area contributed by atoms with Crippen molar-refractivity contribution in [1.29, 1.82) is 0 Å². The van der Waals surface area contributed by atoms with Gasteiger partial charge in [0, 0.05) is 18.3 Å². The molecule has 1 aliphatic rings. The number of halogens is 4. The quantitative estimate of drug-likeness (QED) is 0.678. The largest absolute Gasteiger partial charge is 0.451 e. The lowest BCUT2D eigenvalue weighted by atomic mass is 9.91. The van der Waals surface area contributed by atoms with Gasteiger partial charge in [-0.1, -0.05) is 0 Å². The summed E-state index contributed by atoms with van der Waals surface area (Å²) in [5.74, 6) is -0.286. The number of hydrogen-bond acceptors (Lipinski definition) is 7. The second-order valence-corrected chi connectivity index (χ2v) is 6.90. The van der Waals surface area contributed by atoms with E-state index in [0.717, 1.165) is 31.9 Å². The molecular weight excluding hydrogens is 397 g/mol. The number of alkyl halides is 3. The fourth-order valence-corrected chi connectivity index (χ4v) is 3.38. The molecule has 3 heterocycles. The Balaban J connectivity index is 1.33. The highest BCUT2D eigenvalue weighted by Gasteiger charge is 2.34. The summed E-state index contributed by atoms with van der Waals surface area (Å²) in [7, 11) is 0. The van der Waals surface area contributed by atoms with Crippen LogP contribution in [-0.2, 0) is 6.18 Å². The summed E-state index contributed by atoms with van der Waals surface area (Å²) < 4.78 is 39.6. The minimum atomic E-state index is -4.55. The number of nitrogens with one attached hydrogen (secondary N) is 2. The van der Waals surface area contributed by atoms with Crippen LogP contribution in [-0.4, -0.2) is 41.9 Å². The van der Waals surface area contributed by atoms with Crippen molar-refractivity contribution in [2.75, 3.05) is 10.6 Å². The first-order valence-corrected chi connectivity index (χ1v) is 9.07. The first-order chi connectivity index (χ1) is 13.4. The molecule has 0 radical (unpaired) electrons. The van der Waals surface area contributed by atoms with Gasteiger partial charge in [-0.2, -0.15) is 17.7 Å². The van der Waals surface area contributed by atoms with Crippen molar-refractivity contribution >= 4 is 28.9 Å². The van der Waals surface area contributed by atoms with Crippen LogP contribution in [0.1, 0.15) is 31.5 Å². The molecule has 1 saturated carbocycles. The predicted molar refractivity (Wildman–Crippen MR) is 96.1 cm³/mol. The molecule has 0 aliphatic heterocycles. The molecule has 4 rings (SSSR count). The molecule has 0 saturated heterocycles. The Hall–Kier alpha value is -2.69. The second-order valence-electron chi connectivity index (χ2n) is 6.56. The Labute approximate surface area is 162 Å². The molecule has 28 heavy (non-hydrogen) atoms. The van der Waals surface area contributed by atoms with Gasteiger partial charge in [0.15, 0.2) is 5.65 Å². The van der Waals surface area contributed by atoms with Gasteiger partial charge in [0.05, 0.1) is 0 Å². The zero-order chi connectivity index (χ0) is 19.7. The van der Waals surface area contributed by atoms with E-state index in [2.05, 4.69) is 35.9 Å². The third-order valence-corrected chi connectivity index (χ3v) is 4.80. The van der Waals surface area contributed by atoms with Gasteiger partial charge in [-0.15, -0.1) is 15.3 Å². The summed E-state index contributed by atoms with van der Waals surface area (Å²) in [5, 5.41) is 18.6. The minimum absolute atomic E-state index is 0.0526. The number of rotatable bonds is 4. The van der Waals surface area contributed by atoms with Crippen molar-refractivity contribution in [2.45, 2.75) is 43.9 Å². The number of nitrogens with zero attached hydrogens (tertiary/aromatic N) is 6. The molecule has 8 nitrogen and oxygen atoms in total. The Morgan fingerprint density at radius 3 is 2.32 bits per heavy atom. The van der Waals surface area contributed by atoms with Gasteiger partial charge in [0.1, 0.15) is 11.6 Å². The van der Waals surface area contributed by atoms with E-state index >= 15 is 0 Å². The molecule has 0 bridgehead atoms. The van der Waals surface area contributed by atoms with Crippen LogP contribution in [0, 0.1) is 0 Å². The van der Waals surface area contributed by atoms with E-state index in [-0.39, 0.29) is 23.2 Å². The maximum atomic E-state index is 12.7. The third-order valence-electron chi connectivity index (χ3n) is 4.57. The van der Waals surface area contributed by atoms with Crippen LogP contribution in [0.15, 0.2) is 24.4 Å². The van der Waals surface area contributed by atoms with Crippen LogP contribution in [0.5, 0.6) is 0 Å². The first kappa shape index (κ1) is 18.7. The molecule has 3 aromatic rings. The highest BCUT2D eigenvalue weighted by atomic mass is 35.5. The number of hydrogen-bond donors (Lipinski definition) is 2. The Morgan fingerprint density at radius 2 is 1.64 bits per heavy atom. The van der Waals surface area contributed by atoms with E-state index in [1.807, 2.05) is 6.07 Å². The Morgan fingerprint density at radius 1 is 0.964 bits per heavy atom. The van der Waals surface area contributed by atoms with Crippen LogP contribution >= 0.6 is 11.6 Å². The van der Waals surface area contributed by atoms with Gasteiger partial charge in [0.2, 0.25) is 11.1 Å². The molecule has 12 heteroatoms. The van der Waals surface area contributed by atoms with E-state index < -0.39 is 12.0 Å². The van der Waals surface area contributed by atoms with Crippen LogP contribution in [0.2, 0.25) is 5.28 Å². The minimum Gasteiger partial charge on any atom is -0.367 e. The normalized spacial score (nSPS) is 20.3. The molecule has 0 amide bonds. The summed E-state index contributed by atoms with van der Waals surface area (Å²) in [6.07, 6.45) is -0.184. The van der Waals surface area contributed by atoms with Gasteiger partial charge < -0.3 is 10.6 Å². The summed E-state index contributed by atoms with van der Waals surface area (Å²) in [6.45, 7) is 0. The van der Waals surface area contributed by atoms with E-state index in [1.54, 1.807) is 6.07 Å². The summed E-state index contributed by atoms with van der Waals surface area (Å²) in [4.78, 5) is 6.83. The maximum absolute atomic E-state index is 12.7. The Kier molecular flexibility index (Phi) is 4.92. The highest BCUT2D eigenvalue weighted by Crippen LogP contribution is 2.28. The monoisotopic (exact) mass is 412 g/mol. The lowest BCUT2D eigenvalue weighted by molar-refractivity contribution is -0.144. The smallest absolute Gasteiger partial charge is 0.367 e. The highest BCUT2D eigenvalue weighted by molar-refractivity contribution is 6.28. The van der Waals surface area contributed by atoms with Crippen LogP contribution in [0.25, 0.3) is 5.65 Å². The number of fused-ring (bicyclic) bond motifs is 1. The molecule has 0 atom stereocenters. The molecular formula is C16H16ClF3N8. The molecule has 0 unspecified atom stereocenters. The van der Waals surface area contributed by atoms with E-state index in [0.29, 0.717) is 11.5 Å². The van der Waals surface area contributed by atoms with Crippen molar-refractivity contribution in [3.8, 4) is 0 Å². The summed E-state index contributed by atoms with van der Waals surface area (Å²) in [5.41, 5.74) is 0.562. The van der Waals surface area contributed by atoms with E-state index in [4.69, 9.17) is 11.6 Å². The lowest BCUT2D eigenvalue weighted by Gasteiger charge is -2.30. The van der Waals surface area contributed by atoms with Gasteiger partial charge in [-0.05, 0) is 55.5 Å². The SMILES string of the molecule is FC(F)(F)c1nccc(N[C@H]2CC[C@@H](Nc3ccc4nnc(Cl)n4n3)CC2)n1. The molecule has 148 valence electrons. The first-order valence-electron chi connectivity index (χ1n) is 8.70. The summed E-state index contributed by atoms with van der Waals surface area (Å²) >= 11 is 5.93. The predicted octanol–water partition coefficient (Wildman–Crippen LogP) is 3.42. The van der Waals surface area contributed by atoms with E-state index in [9.17, 15) is 13.2 Å². The van der Waals surface area contributed by atoms with Gasteiger partial charge in [-0.25, -0.2) is 9.97 Å². The maximum Gasteiger partial charge on any atom is 0.451 e. The second kappa shape index (κ2) is 7.38. The zero-order valence-electron chi connectivity index (χ0n) is 14.5. The van der Waals surface area contributed by atoms with Crippen molar-refractivity contribution in [3.63, 3.8) is 0 Å². The van der Waals surface area contributed by atoms with E-state index in [1.165, 1.54) is 10.6 Å². The standard InChI is InChI=1S/C16H16ClF3N8/c17-15-26-25-13-6-5-12(27-28(13)15)23-10-3-1-9(2-4-10)22-11-7-8-21-14(24-11)16(18,19)20/h5-10H,1-4H2,(H,23,27)(H,21,22,24)/t9-,10+. The molecule has 3 aromatic heterocycles. The van der Waals surface area contributed by atoms with Gasteiger partial charge in [0.25, 0.3) is 0 Å². The summed E-state index contributed by atoms with van der Waals surface area (Å²) in [6, 6.07) is 5.28. The number of anilines is 2. The van der Waals surface area contributed by atoms with Crippen molar-refractivity contribution in [3.05, 3.63) is 35.5 Å². The third kappa shape index (κ3) is 4.08. The molecule has 0 spiro atoms. The molecule has 1 aliphatic carbocycles. The molecule has 0 aromatic carbocycles. The Bertz CT molecular complexity index is 968. The van der Waals surface area contributed by atoms with Gasteiger partial charge in [-0.3, -0.25) is 0 Å². The fraction of sp³-hybridized carbons (Fsp3) is 0.438. The zero-order valence-corrected chi connectivity index (χ0v) is 15.2. The van der Waals surface area contributed by atoms with Crippen molar-refractivity contribution < 1.29 is 13.2 Å². The average molecular weight is 413 g/mol. The fourth-order valence-electron chi connectivity index (χ4n) is 3.22. The average Bonchev–Trinajstić information content (AvgIpc) is 3.04. The van der Waals surface area contributed by atoms with Gasteiger partial charge >= 0.3 is 6.18 Å². The molecule has 2 N–H and O–H groups in total. The van der Waals surface area contributed by atoms with Crippen LogP contribution < -0.4 is 10.6 Å². The van der Waals surface area contributed by atoms with Crippen molar-refractivity contribution in [1.82, 2.24) is 29.8 Å². The van der Waals surface area contributed by atoms with Crippen molar-refractivity contribution in [2.24, 2.45) is 0 Å². The molecule has 1 fully saturated rings. The van der Waals surface area contributed by atoms with Crippen LogP contribution in [0.3, 0.4) is 0 Å². The van der Waals surface area contributed by atoms with Crippen LogP contribution in [0.4, 0.5) is 24.8 Å².